The van der Waals surface area contributed by atoms with Gasteiger partial charge in [0.1, 0.15) is 5.60 Å². The minimum Gasteiger partial charge on any atom is -0.386 e. The van der Waals surface area contributed by atoms with Gasteiger partial charge in [-0.2, -0.15) is 0 Å². The molecule has 0 aromatic heterocycles. The highest BCUT2D eigenvalue weighted by molar-refractivity contribution is 5.90. The van der Waals surface area contributed by atoms with Gasteiger partial charge in [0.15, 0.2) is 0 Å². The fourth-order valence-corrected chi connectivity index (χ4v) is 2.68. The smallest absolute Gasteiger partial charge is 0.224 e. The normalized spacial score (nSPS) is 21.6. The maximum atomic E-state index is 12.1. The molecule has 1 aliphatic rings. The molecule has 1 saturated heterocycles. The van der Waals surface area contributed by atoms with E-state index in [2.05, 4.69) is 5.32 Å². The molecule has 1 atom stereocenters. The van der Waals surface area contributed by atoms with E-state index in [4.69, 9.17) is 4.74 Å². The number of amides is 1. The molecule has 0 aliphatic carbocycles. The molecule has 0 bridgehead atoms. The Kier molecular flexibility index (Phi) is 3.90. The first-order valence-corrected chi connectivity index (χ1v) is 7.20. The number of hydrogen-bond donors (Lipinski definition) is 2. The van der Waals surface area contributed by atoms with Gasteiger partial charge < -0.3 is 15.2 Å². The highest BCUT2D eigenvalue weighted by Gasteiger charge is 2.32. The van der Waals surface area contributed by atoms with Gasteiger partial charge in [-0.1, -0.05) is 42.5 Å². The van der Waals surface area contributed by atoms with E-state index in [1.165, 1.54) is 0 Å². The number of benzene rings is 2. The van der Waals surface area contributed by atoms with Gasteiger partial charge in [-0.3, -0.25) is 4.79 Å². The number of rotatable bonds is 4. The Bertz CT molecular complexity index is 642. The first kappa shape index (κ1) is 14.0. The lowest BCUT2D eigenvalue weighted by molar-refractivity contribution is -0.121. The Morgan fingerprint density at radius 3 is 2.86 bits per heavy atom. The number of carbonyl (C=O) groups is 1. The van der Waals surface area contributed by atoms with Gasteiger partial charge in [0, 0.05) is 19.6 Å². The van der Waals surface area contributed by atoms with Crippen LogP contribution in [0.1, 0.15) is 12.0 Å². The fraction of sp³-hybridized carbons (Fsp3) is 0.353. The molecule has 2 aromatic carbocycles. The zero-order valence-corrected chi connectivity index (χ0v) is 11.8. The van der Waals surface area contributed by atoms with Crippen LogP contribution in [0.4, 0.5) is 0 Å². The van der Waals surface area contributed by atoms with Crippen molar-refractivity contribution in [1.29, 1.82) is 0 Å². The van der Waals surface area contributed by atoms with Crippen LogP contribution in [0.5, 0.6) is 0 Å². The van der Waals surface area contributed by atoms with Crippen molar-refractivity contribution in [3.63, 3.8) is 0 Å². The predicted octanol–water partition coefficient (Wildman–Crippen LogP) is 1.65. The molecule has 3 rings (SSSR count). The van der Waals surface area contributed by atoms with Crippen LogP contribution >= 0.6 is 0 Å². The summed E-state index contributed by atoms with van der Waals surface area (Å²) in [6.07, 6.45) is 0.889. The molecule has 0 radical (unpaired) electrons. The van der Waals surface area contributed by atoms with E-state index in [0.717, 1.165) is 16.3 Å². The summed E-state index contributed by atoms with van der Waals surface area (Å²) in [6, 6.07) is 14.0. The van der Waals surface area contributed by atoms with E-state index < -0.39 is 5.60 Å². The topological polar surface area (TPSA) is 58.6 Å². The molecule has 4 nitrogen and oxygen atoms in total. The Balaban J connectivity index is 1.66. The van der Waals surface area contributed by atoms with Crippen LogP contribution in [-0.2, 0) is 16.0 Å². The molecule has 21 heavy (non-hydrogen) atoms. The van der Waals surface area contributed by atoms with Crippen molar-refractivity contribution >= 4 is 16.7 Å². The summed E-state index contributed by atoms with van der Waals surface area (Å²) in [7, 11) is 0. The van der Waals surface area contributed by atoms with Crippen LogP contribution < -0.4 is 5.32 Å². The van der Waals surface area contributed by atoms with Crippen LogP contribution in [0.2, 0.25) is 0 Å². The van der Waals surface area contributed by atoms with Crippen molar-refractivity contribution in [2.24, 2.45) is 0 Å². The molecule has 2 aromatic rings. The van der Waals surface area contributed by atoms with Gasteiger partial charge in [0.25, 0.3) is 0 Å². The molecule has 1 amide bonds. The quantitative estimate of drug-likeness (QED) is 0.898. The summed E-state index contributed by atoms with van der Waals surface area (Å²) in [4.78, 5) is 12.1. The first-order valence-electron chi connectivity index (χ1n) is 7.20. The van der Waals surface area contributed by atoms with Gasteiger partial charge >= 0.3 is 0 Å². The zero-order chi connectivity index (χ0) is 14.7. The summed E-state index contributed by atoms with van der Waals surface area (Å²) >= 11 is 0. The van der Waals surface area contributed by atoms with Crippen LogP contribution in [0.25, 0.3) is 10.8 Å². The van der Waals surface area contributed by atoms with Crippen LogP contribution in [0.3, 0.4) is 0 Å². The Labute approximate surface area is 123 Å². The molecule has 0 spiro atoms. The minimum atomic E-state index is -0.908. The van der Waals surface area contributed by atoms with Gasteiger partial charge in [0.2, 0.25) is 5.91 Å². The molecule has 1 unspecified atom stereocenters. The average Bonchev–Trinajstić information content (AvgIpc) is 2.93. The van der Waals surface area contributed by atoms with Gasteiger partial charge in [0.05, 0.1) is 13.0 Å². The van der Waals surface area contributed by atoms with E-state index in [-0.39, 0.29) is 12.5 Å². The van der Waals surface area contributed by atoms with Crippen molar-refractivity contribution in [2.75, 3.05) is 19.8 Å². The standard InChI is InChI=1S/C17H19NO3/c19-16(18-11-17(20)8-9-21-12-17)10-14-6-3-5-13-4-1-2-7-15(13)14/h1-7,20H,8-12H2,(H,18,19). The number of ether oxygens (including phenoxy) is 1. The number of hydrogen-bond acceptors (Lipinski definition) is 3. The molecule has 1 fully saturated rings. The van der Waals surface area contributed by atoms with Gasteiger partial charge in [-0.05, 0) is 16.3 Å². The molecule has 1 heterocycles. The average molecular weight is 285 g/mol. The molecular weight excluding hydrogens is 266 g/mol. The summed E-state index contributed by atoms with van der Waals surface area (Å²) in [6.45, 7) is 1.09. The van der Waals surface area contributed by atoms with Crippen molar-refractivity contribution in [3.05, 3.63) is 48.0 Å². The Hall–Kier alpha value is -1.91. The molecule has 110 valence electrons. The molecular formula is C17H19NO3. The molecule has 2 N–H and O–H groups in total. The summed E-state index contributed by atoms with van der Waals surface area (Å²) in [5, 5.41) is 15.2. The lowest BCUT2D eigenvalue weighted by Crippen LogP contribution is -2.43. The summed E-state index contributed by atoms with van der Waals surface area (Å²) < 4.78 is 5.17. The van der Waals surface area contributed by atoms with Crippen molar-refractivity contribution in [3.8, 4) is 0 Å². The Morgan fingerprint density at radius 2 is 2.05 bits per heavy atom. The van der Waals surface area contributed by atoms with Crippen LogP contribution in [0.15, 0.2) is 42.5 Å². The Morgan fingerprint density at radius 1 is 1.24 bits per heavy atom. The third kappa shape index (κ3) is 3.23. The van der Waals surface area contributed by atoms with Gasteiger partial charge in [-0.15, -0.1) is 0 Å². The second-order valence-electron chi connectivity index (χ2n) is 5.62. The maximum Gasteiger partial charge on any atom is 0.224 e. The summed E-state index contributed by atoms with van der Waals surface area (Å²) in [5.74, 6) is -0.0771. The lowest BCUT2D eigenvalue weighted by Gasteiger charge is -2.20. The van der Waals surface area contributed by atoms with Gasteiger partial charge in [-0.25, -0.2) is 0 Å². The predicted molar refractivity (Wildman–Crippen MR) is 81.0 cm³/mol. The molecule has 1 aliphatic heterocycles. The van der Waals surface area contributed by atoms with Crippen molar-refractivity contribution in [1.82, 2.24) is 5.32 Å². The third-order valence-electron chi connectivity index (χ3n) is 3.93. The van der Waals surface area contributed by atoms with E-state index in [1.807, 2.05) is 42.5 Å². The van der Waals surface area contributed by atoms with E-state index in [9.17, 15) is 9.90 Å². The first-order chi connectivity index (χ1) is 10.2. The molecule has 4 heteroatoms. The van der Waals surface area contributed by atoms with Crippen molar-refractivity contribution < 1.29 is 14.6 Å². The maximum absolute atomic E-state index is 12.1. The monoisotopic (exact) mass is 285 g/mol. The second kappa shape index (κ2) is 5.84. The van der Waals surface area contributed by atoms with E-state index >= 15 is 0 Å². The summed E-state index contributed by atoms with van der Waals surface area (Å²) in [5.41, 5.74) is 0.0919. The van der Waals surface area contributed by atoms with E-state index in [1.54, 1.807) is 0 Å². The number of nitrogens with one attached hydrogen (secondary N) is 1. The van der Waals surface area contributed by atoms with E-state index in [0.29, 0.717) is 26.1 Å². The minimum absolute atomic E-state index is 0.0771. The molecule has 0 saturated carbocycles. The number of fused-ring (bicyclic) bond motifs is 1. The van der Waals surface area contributed by atoms with Crippen LogP contribution in [0, 0.1) is 0 Å². The number of carbonyl (C=O) groups excluding carboxylic acids is 1. The lowest BCUT2D eigenvalue weighted by atomic mass is 10.0. The second-order valence-corrected chi connectivity index (χ2v) is 5.62. The SMILES string of the molecule is O=C(Cc1cccc2ccccc12)NCC1(O)CCOC1. The largest absolute Gasteiger partial charge is 0.386 e. The third-order valence-corrected chi connectivity index (χ3v) is 3.93. The van der Waals surface area contributed by atoms with Crippen LogP contribution in [-0.4, -0.2) is 36.4 Å². The highest BCUT2D eigenvalue weighted by Crippen LogP contribution is 2.19. The fourth-order valence-electron chi connectivity index (χ4n) is 2.68. The number of aliphatic hydroxyl groups is 1. The highest BCUT2D eigenvalue weighted by atomic mass is 16.5. The zero-order valence-electron chi connectivity index (χ0n) is 11.8. The van der Waals surface area contributed by atoms with Crippen molar-refractivity contribution in [2.45, 2.75) is 18.4 Å².